The van der Waals surface area contributed by atoms with Crippen LogP contribution in [0.3, 0.4) is 0 Å². The van der Waals surface area contributed by atoms with E-state index in [1.54, 1.807) is 0 Å². The summed E-state index contributed by atoms with van der Waals surface area (Å²) in [5.41, 5.74) is 0. The first-order valence-electron chi connectivity index (χ1n) is 6.58. The minimum Gasteiger partial charge on any atom is -0.303 e. The first-order chi connectivity index (χ1) is 11.1. The highest BCUT2D eigenvalue weighted by Gasteiger charge is 2.55. The summed E-state index contributed by atoms with van der Waals surface area (Å²) in [6, 6.07) is 0. The molecule has 0 spiro atoms. The second kappa shape index (κ2) is 8.09. The van der Waals surface area contributed by atoms with E-state index in [2.05, 4.69) is 18.5 Å². The third-order valence-corrected chi connectivity index (χ3v) is 5.17. The summed E-state index contributed by atoms with van der Waals surface area (Å²) in [5, 5.41) is 9.00. The van der Waals surface area contributed by atoms with Gasteiger partial charge in [-0.15, -0.1) is 0 Å². The van der Waals surface area contributed by atoms with Crippen molar-refractivity contribution in [2.24, 2.45) is 11.8 Å². The third kappa shape index (κ3) is 7.06. The quantitative estimate of drug-likeness (QED) is 0.154. The summed E-state index contributed by atoms with van der Waals surface area (Å²) >= 11 is 0. The lowest BCUT2D eigenvalue weighted by Gasteiger charge is -2.46. The fourth-order valence-electron chi connectivity index (χ4n) is 2.67. The second-order valence-electron chi connectivity index (χ2n) is 5.47. The molecule has 3 unspecified atom stereocenters. The molecule has 1 saturated carbocycles. The van der Waals surface area contributed by atoms with Gasteiger partial charge in [0.25, 0.3) is 0 Å². The first kappa shape index (κ1) is 23.3. The zero-order valence-corrected chi connectivity index (χ0v) is 15.5. The fraction of sp³-hybridized carbons (Fsp3) is 1.00. The zero-order valence-electron chi connectivity index (χ0n) is 12.8. The van der Waals surface area contributed by atoms with E-state index in [0.29, 0.717) is 0 Å². The molecule has 1 aliphatic rings. The Morgan fingerprint density at radius 1 is 0.600 bits per heavy atom. The maximum Gasteiger partial charge on any atom is 0.469 e. The van der Waals surface area contributed by atoms with Crippen molar-refractivity contribution in [1.29, 1.82) is 0 Å². The van der Waals surface area contributed by atoms with Crippen LogP contribution in [0.5, 0.6) is 0 Å². The van der Waals surface area contributed by atoms with Crippen LogP contribution in [0.25, 0.3) is 0 Å². The average Bonchev–Trinajstić information content (AvgIpc) is 2.36. The van der Waals surface area contributed by atoms with E-state index in [0.717, 1.165) is 6.92 Å². The van der Waals surface area contributed by atoms with Crippen LogP contribution in [-0.2, 0) is 32.2 Å². The van der Waals surface area contributed by atoms with Gasteiger partial charge in [0.2, 0.25) is 0 Å². The molecule has 0 bridgehead atoms. The molecular formula is C8H19O14P3. The summed E-state index contributed by atoms with van der Waals surface area (Å²) in [5.74, 6) is -2.59. The van der Waals surface area contributed by atoms with Gasteiger partial charge in [0.05, 0.1) is 0 Å². The number of phosphoric ester groups is 3. The molecule has 0 aliphatic heterocycles. The summed E-state index contributed by atoms with van der Waals surface area (Å²) in [6.07, 6.45) is -6.67. The van der Waals surface area contributed by atoms with Crippen molar-refractivity contribution in [1.82, 2.24) is 0 Å². The molecule has 0 saturated heterocycles. The lowest BCUT2D eigenvalue weighted by Crippen LogP contribution is -2.58. The van der Waals surface area contributed by atoms with Gasteiger partial charge in [-0.1, -0.05) is 13.8 Å². The maximum absolute atomic E-state index is 11.2. The number of phosphoric acid groups is 3. The molecule has 6 atom stereocenters. The van der Waals surface area contributed by atoms with Gasteiger partial charge in [0.15, 0.2) is 0 Å². The molecule has 14 nitrogen and oxygen atoms in total. The van der Waals surface area contributed by atoms with Crippen molar-refractivity contribution in [3.05, 3.63) is 0 Å². The lowest BCUT2D eigenvalue weighted by atomic mass is 9.75. The Balaban J connectivity index is 3.31. The van der Waals surface area contributed by atoms with Crippen LogP contribution < -0.4 is 0 Å². The van der Waals surface area contributed by atoms with Crippen LogP contribution in [0.4, 0.5) is 0 Å². The monoisotopic (exact) mass is 432 g/mol. The van der Waals surface area contributed by atoms with Crippen molar-refractivity contribution in [3.8, 4) is 0 Å². The predicted octanol–water partition coefficient (Wildman–Crippen LogP) is -0.436. The summed E-state index contributed by atoms with van der Waals surface area (Å²) < 4.78 is 46.8. The highest BCUT2D eigenvalue weighted by Crippen LogP contribution is 2.52. The van der Waals surface area contributed by atoms with E-state index >= 15 is 0 Å². The van der Waals surface area contributed by atoms with E-state index < -0.39 is 59.7 Å². The minimum absolute atomic E-state index is 1.15. The molecule has 0 radical (unpaired) electrons. The van der Waals surface area contributed by atoms with Crippen LogP contribution in [0.2, 0.25) is 0 Å². The van der Waals surface area contributed by atoms with E-state index in [9.17, 15) is 13.7 Å². The SMILES string of the molecule is C[C@@H]1C(OP(=O)(O)O)C(OP(=O)(O)O)[C@H](C)[C@H](OO)C1OP(=O)(O)O. The van der Waals surface area contributed by atoms with E-state index in [1.807, 2.05) is 0 Å². The number of rotatable bonds is 7. The molecule has 1 rings (SSSR count). The number of hydrogen-bond acceptors (Lipinski definition) is 8. The van der Waals surface area contributed by atoms with E-state index in [-0.39, 0.29) is 0 Å². The van der Waals surface area contributed by atoms with Crippen molar-refractivity contribution in [3.63, 3.8) is 0 Å². The zero-order chi connectivity index (χ0) is 19.8. The summed E-state index contributed by atoms with van der Waals surface area (Å²) in [4.78, 5) is 58.0. The van der Waals surface area contributed by atoms with Crippen molar-refractivity contribution >= 4 is 23.5 Å². The molecule has 0 aromatic rings. The van der Waals surface area contributed by atoms with Crippen LogP contribution in [-0.4, -0.2) is 59.0 Å². The molecular weight excluding hydrogens is 413 g/mol. The van der Waals surface area contributed by atoms with Crippen molar-refractivity contribution < 1.29 is 66.8 Å². The Morgan fingerprint density at radius 3 is 1.08 bits per heavy atom. The van der Waals surface area contributed by atoms with Gasteiger partial charge in [-0.3, -0.25) is 18.8 Å². The van der Waals surface area contributed by atoms with Gasteiger partial charge in [-0.05, 0) is 0 Å². The average molecular weight is 432 g/mol. The molecule has 1 fully saturated rings. The van der Waals surface area contributed by atoms with Crippen LogP contribution in [0, 0.1) is 11.8 Å². The molecule has 1 aliphatic carbocycles. The number of hydrogen-bond donors (Lipinski definition) is 7. The van der Waals surface area contributed by atoms with Gasteiger partial charge >= 0.3 is 23.5 Å². The molecule has 150 valence electrons. The largest absolute Gasteiger partial charge is 0.469 e. The van der Waals surface area contributed by atoms with Crippen molar-refractivity contribution in [2.75, 3.05) is 0 Å². The summed E-state index contributed by atoms with van der Waals surface area (Å²) in [6.45, 7) is 2.33. The Morgan fingerprint density at radius 2 is 0.840 bits per heavy atom. The fourth-order valence-corrected chi connectivity index (χ4v) is 4.56. The Hall–Kier alpha value is 0.250. The first-order valence-corrected chi connectivity index (χ1v) is 11.2. The van der Waals surface area contributed by atoms with Crippen LogP contribution in [0.1, 0.15) is 13.8 Å². The van der Waals surface area contributed by atoms with Gasteiger partial charge < -0.3 is 29.4 Å². The Kier molecular flexibility index (Phi) is 7.54. The highest BCUT2D eigenvalue weighted by molar-refractivity contribution is 7.46. The maximum atomic E-state index is 11.2. The predicted molar refractivity (Wildman–Crippen MR) is 76.6 cm³/mol. The molecule has 0 aromatic carbocycles. The smallest absolute Gasteiger partial charge is 0.303 e. The van der Waals surface area contributed by atoms with Crippen molar-refractivity contribution in [2.45, 2.75) is 38.3 Å². The second-order valence-corrected chi connectivity index (χ2v) is 9.05. The van der Waals surface area contributed by atoms with Crippen LogP contribution in [0.15, 0.2) is 0 Å². The van der Waals surface area contributed by atoms with Gasteiger partial charge in [-0.25, -0.2) is 18.6 Å². The molecule has 25 heavy (non-hydrogen) atoms. The molecule has 0 aromatic heterocycles. The highest BCUT2D eigenvalue weighted by atomic mass is 31.2. The van der Waals surface area contributed by atoms with E-state index in [4.69, 9.17) is 34.6 Å². The standard InChI is InChI=1S/C8H19O14P3/c1-3-5(19-9)6(20-23(10,11)12)4(2)8(22-25(16,17)18)7(3)21-24(13,14)15/h3-9H,1-2H3,(H2,10,11,12)(H2,13,14,15)(H2,16,17,18)/t3-,4+,5+,6?,7?,8?/m1/s1. The molecule has 7 N–H and O–H groups in total. The van der Waals surface area contributed by atoms with Gasteiger partial charge in [0, 0.05) is 11.8 Å². The van der Waals surface area contributed by atoms with Crippen LogP contribution >= 0.6 is 23.5 Å². The van der Waals surface area contributed by atoms with Gasteiger partial charge in [0.1, 0.15) is 24.4 Å². The Labute approximate surface area is 141 Å². The lowest BCUT2D eigenvalue weighted by molar-refractivity contribution is -0.329. The topological polar surface area (TPSA) is 230 Å². The third-order valence-electron chi connectivity index (χ3n) is 3.62. The molecule has 17 heteroatoms. The van der Waals surface area contributed by atoms with Gasteiger partial charge in [-0.2, -0.15) is 0 Å². The molecule has 0 amide bonds. The normalized spacial score (nSPS) is 34.9. The van der Waals surface area contributed by atoms with E-state index in [1.165, 1.54) is 6.92 Å². The Bertz CT molecular complexity index is 591. The summed E-state index contributed by atoms with van der Waals surface area (Å²) in [7, 11) is -15.5. The molecule has 0 heterocycles. The minimum atomic E-state index is -5.19.